The molecule has 0 saturated carbocycles. The highest BCUT2D eigenvalue weighted by Gasteiger charge is 2.09. The summed E-state index contributed by atoms with van der Waals surface area (Å²) in [6.07, 6.45) is 0. The van der Waals surface area contributed by atoms with E-state index in [1.807, 2.05) is 7.05 Å². The SMILES string of the molecule is C=C(C)C(=O)OCCN(C)c1ccc(-c2cc3ccccc3c3ccccc23)cc1. The molecule has 4 aromatic rings. The van der Waals surface area contributed by atoms with Gasteiger partial charge in [0.25, 0.3) is 0 Å². The van der Waals surface area contributed by atoms with Gasteiger partial charge in [-0.2, -0.15) is 0 Å². The molecule has 0 aliphatic heterocycles. The van der Waals surface area contributed by atoms with Gasteiger partial charge in [0.15, 0.2) is 0 Å². The molecule has 0 aliphatic carbocycles. The Morgan fingerprint density at radius 1 is 0.900 bits per heavy atom. The lowest BCUT2D eigenvalue weighted by Gasteiger charge is -2.20. The minimum absolute atomic E-state index is 0.333. The van der Waals surface area contributed by atoms with Crippen LogP contribution in [-0.2, 0) is 9.53 Å². The van der Waals surface area contributed by atoms with Crippen molar-refractivity contribution in [2.45, 2.75) is 6.92 Å². The standard InChI is InChI=1S/C27H25NO2/c1-19(2)27(29)30-17-16-28(3)22-14-12-20(13-15-22)26-18-21-8-4-5-9-23(21)24-10-6-7-11-25(24)26/h4-15,18H,1,16-17H2,2-3H3. The van der Waals surface area contributed by atoms with E-state index >= 15 is 0 Å². The first-order valence-electron chi connectivity index (χ1n) is 10.1. The average Bonchev–Trinajstić information content (AvgIpc) is 2.78. The molecule has 30 heavy (non-hydrogen) atoms. The van der Waals surface area contributed by atoms with Crippen LogP contribution >= 0.6 is 0 Å². The highest BCUT2D eigenvalue weighted by atomic mass is 16.5. The van der Waals surface area contributed by atoms with Crippen LogP contribution in [0.4, 0.5) is 5.69 Å². The van der Waals surface area contributed by atoms with E-state index in [4.69, 9.17) is 4.74 Å². The summed E-state index contributed by atoms with van der Waals surface area (Å²) in [5, 5.41) is 5.04. The van der Waals surface area contributed by atoms with Crippen molar-refractivity contribution in [1.82, 2.24) is 0 Å². The van der Waals surface area contributed by atoms with Gasteiger partial charge in [0.1, 0.15) is 6.61 Å². The molecule has 0 aromatic heterocycles. The zero-order valence-electron chi connectivity index (χ0n) is 17.4. The molecule has 0 saturated heterocycles. The third-order valence-corrected chi connectivity index (χ3v) is 5.40. The van der Waals surface area contributed by atoms with Crippen LogP contribution in [-0.4, -0.2) is 26.2 Å². The largest absolute Gasteiger partial charge is 0.460 e. The van der Waals surface area contributed by atoms with E-state index < -0.39 is 0 Å². The Morgan fingerprint density at radius 3 is 2.23 bits per heavy atom. The molecule has 150 valence electrons. The van der Waals surface area contributed by atoms with Gasteiger partial charge >= 0.3 is 5.97 Å². The summed E-state index contributed by atoms with van der Waals surface area (Å²) in [6, 6.07) is 27.9. The molecule has 0 amide bonds. The Hall–Kier alpha value is -3.59. The number of anilines is 1. The van der Waals surface area contributed by atoms with E-state index in [1.165, 1.54) is 32.7 Å². The lowest BCUT2D eigenvalue weighted by atomic mass is 9.93. The lowest BCUT2D eigenvalue weighted by Crippen LogP contribution is -2.23. The van der Waals surface area contributed by atoms with Gasteiger partial charge < -0.3 is 9.64 Å². The number of fused-ring (bicyclic) bond motifs is 3. The van der Waals surface area contributed by atoms with Gasteiger partial charge in [-0.15, -0.1) is 0 Å². The molecule has 4 rings (SSSR count). The predicted molar refractivity (Wildman–Crippen MR) is 126 cm³/mol. The zero-order valence-corrected chi connectivity index (χ0v) is 17.4. The molecule has 0 bridgehead atoms. The molecular weight excluding hydrogens is 370 g/mol. The Balaban J connectivity index is 1.60. The maximum absolute atomic E-state index is 11.5. The number of ether oxygens (including phenoxy) is 1. The van der Waals surface area contributed by atoms with Crippen LogP contribution in [0.1, 0.15) is 6.92 Å². The molecule has 0 atom stereocenters. The van der Waals surface area contributed by atoms with E-state index in [0.29, 0.717) is 18.7 Å². The molecule has 0 fully saturated rings. The fourth-order valence-electron chi connectivity index (χ4n) is 3.72. The van der Waals surface area contributed by atoms with E-state index in [9.17, 15) is 4.79 Å². The molecule has 0 unspecified atom stereocenters. The molecule has 0 N–H and O–H groups in total. The van der Waals surface area contributed by atoms with Gasteiger partial charge in [-0.3, -0.25) is 0 Å². The highest BCUT2D eigenvalue weighted by Crippen LogP contribution is 2.35. The van der Waals surface area contributed by atoms with E-state index in [0.717, 1.165) is 5.69 Å². The van der Waals surface area contributed by atoms with Crippen LogP contribution < -0.4 is 4.90 Å². The van der Waals surface area contributed by atoms with Crippen molar-refractivity contribution < 1.29 is 9.53 Å². The predicted octanol–water partition coefficient (Wildman–Crippen LogP) is 6.22. The summed E-state index contributed by atoms with van der Waals surface area (Å²) in [6.45, 7) is 6.21. The lowest BCUT2D eigenvalue weighted by molar-refractivity contribution is -0.138. The van der Waals surface area contributed by atoms with Gasteiger partial charge in [0.05, 0.1) is 6.54 Å². The summed E-state index contributed by atoms with van der Waals surface area (Å²) >= 11 is 0. The molecule has 0 spiro atoms. The van der Waals surface area contributed by atoms with Crippen LogP contribution in [0.25, 0.3) is 32.7 Å². The molecular formula is C27H25NO2. The van der Waals surface area contributed by atoms with Gasteiger partial charge in [-0.05, 0) is 57.8 Å². The smallest absolute Gasteiger partial charge is 0.333 e. The Bertz CT molecular complexity index is 1220. The summed E-state index contributed by atoms with van der Waals surface area (Å²) in [7, 11) is 2.00. The van der Waals surface area contributed by atoms with E-state index in [2.05, 4.69) is 90.3 Å². The van der Waals surface area contributed by atoms with Crippen molar-refractivity contribution in [3.63, 3.8) is 0 Å². The van der Waals surface area contributed by atoms with Gasteiger partial charge in [0.2, 0.25) is 0 Å². The minimum Gasteiger partial charge on any atom is -0.460 e. The summed E-state index contributed by atoms with van der Waals surface area (Å²) in [5.41, 5.74) is 3.91. The topological polar surface area (TPSA) is 29.5 Å². The van der Waals surface area contributed by atoms with Crippen molar-refractivity contribution in [3.05, 3.63) is 91.0 Å². The van der Waals surface area contributed by atoms with Gasteiger partial charge in [-0.25, -0.2) is 4.79 Å². The molecule has 0 aliphatic rings. The highest BCUT2D eigenvalue weighted by molar-refractivity contribution is 6.13. The van der Waals surface area contributed by atoms with Crippen molar-refractivity contribution in [3.8, 4) is 11.1 Å². The number of carbonyl (C=O) groups is 1. The minimum atomic E-state index is -0.345. The average molecular weight is 396 g/mol. The number of hydrogen-bond donors (Lipinski definition) is 0. The van der Waals surface area contributed by atoms with Crippen molar-refractivity contribution in [1.29, 1.82) is 0 Å². The second-order valence-electron chi connectivity index (χ2n) is 7.58. The number of benzene rings is 4. The maximum atomic E-state index is 11.5. The van der Waals surface area contributed by atoms with Gasteiger partial charge in [0, 0.05) is 18.3 Å². The summed E-state index contributed by atoms with van der Waals surface area (Å²) in [4.78, 5) is 13.6. The number of carbonyl (C=O) groups excluding carboxylic acids is 1. The van der Waals surface area contributed by atoms with Crippen LogP contribution in [0.15, 0.2) is 91.0 Å². The molecule has 3 nitrogen and oxygen atoms in total. The Kier molecular flexibility index (Phi) is 5.53. The Labute approximate surface area is 177 Å². The van der Waals surface area contributed by atoms with Gasteiger partial charge in [-0.1, -0.05) is 67.2 Å². The third-order valence-electron chi connectivity index (χ3n) is 5.40. The quantitative estimate of drug-likeness (QED) is 0.221. The molecule has 0 radical (unpaired) electrons. The number of nitrogens with zero attached hydrogens (tertiary/aromatic N) is 1. The third kappa shape index (κ3) is 3.92. The number of rotatable bonds is 6. The number of esters is 1. The van der Waals surface area contributed by atoms with Crippen LogP contribution in [0.3, 0.4) is 0 Å². The van der Waals surface area contributed by atoms with Crippen LogP contribution in [0, 0.1) is 0 Å². The molecule has 3 heteroatoms. The first-order chi connectivity index (χ1) is 14.5. The fraction of sp³-hybridized carbons (Fsp3) is 0.148. The summed E-state index contributed by atoms with van der Waals surface area (Å²) in [5.74, 6) is -0.345. The number of likely N-dealkylation sites (N-methyl/N-ethyl adjacent to an activating group) is 1. The molecule has 0 heterocycles. The summed E-state index contributed by atoms with van der Waals surface area (Å²) < 4.78 is 5.20. The second kappa shape index (κ2) is 8.42. The first-order valence-corrected chi connectivity index (χ1v) is 10.1. The van der Waals surface area contributed by atoms with Crippen molar-refractivity contribution >= 4 is 33.2 Å². The first kappa shape index (κ1) is 19.7. The fourth-order valence-corrected chi connectivity index (χ4v) is 3.72. The zero-order chi connectivity index (χ0) is 21.1. The van der Waals surface area contributed by atoms with Crippen molar-refractivity contribution in [2.24, 2.45) is 0 Å². The maximum Gasteiger partial charge on any atom is 0.333 e. The van der Waals surface area contributed by atoms with Crippen LogP contribution in [0.5, 0.6) is 0 Å². The number of hydrogen-bond acceptors (Lipinski definition) is 3. The van der Waals surface area contributed by atoms with Crippen molar-refractivity contribution in [2.75, 3.05) is 25.1 Å². The normalized spacial score (nSPS) is 10.9. The van der Waals surface area contributed by atoms with E-state index in [-0.39, 0.29) is 5.97 Å². The second-order valence-corrected chi connectivity index (χ2v) is 7.58. The Morgan fingerprint density at radius 2 is 1.53 bits per heavy atom. The van der Waals surface area contributed by atoms with E-state index in [1.54, 1.807) is 6.92 Å². The monoisotopic (exact) mass is 395 g/mol. The van der Waals surface area contributed by atoms with Crippen LogP contribution in [0.2, 0.25) is 0 Å². The molecule has 4 aromatic carbocycles.